The first-order valence-corrected chi connectivity index (χ1v) is 4.93. The van der Waals surface area contributed by atoms with Crippen LogP contribution in [-0.4, -0.2) is 24.2 Å². The maximum Gasteiger partial charge on any atom is 0.336 e. The highest BCUT2D eigenvalue weighted by Crippen LogP contribution is 2.35. The van der Waals surface area contributed by atoms with Gasteiger partial charge >= 0.3 is 5.97 Å². The molecule has 4 nitrogen and oxygen atoms in total. The molecule has 4 heteroatoms. The molecular weight excluding hydrogens is 194 g/mol. The van der Waals surface area contributed by atoms with Crippen LogP contribution in [0.4, 0.5) is 0 Å². The molecule has 0 radical (unpaired) electrons. The Labute approximate surface area is 87.7 Å². The highest BCUT2D eigenvalue weighted by Gasteiger charge is 2.25. The number of benzene rings is 1. The number of aromatic carboxylic acids is 1. The van der Waals surface area contributed by atoms with Crippen molar-refractivity contribution in [2.75, 3.05) is 13.2 Å². The van der Waals surface area contributed by atoms with Crippen molar-refractivity contribution in [2.45, 2.75) is 12.3 Å². The van der Waals surface area contributed by atoms with Gasteiger partial charge < -0.3 is 15.6 Å². The zero-order valence-electron chi connectivity index (χ0n) is 8.27. The minimum absolute atomic E-state index is 0.0982. The Hall–Kier alpha value is -1.55. The molecule has 1 aromatic carbocycles. The lowest BCUT2D eigenvalue weighted by molar-refractivity contribution is 0.0693. The van der Waals surface area contributed by atoms with Crippen LogP contribution < -0.4 is 10.5 Å². The second-order valence-corrected chi connectivity index (χ2v) is 3.59. The molecule has 2 rings (SSSR count). The van der Waals surface area contributed by atoms with E-state index in [0.29, 0.717) is 24.5 Å². The van der Waals surface area contributed by atoms with Gasteiger partial charge in [0.15, 0.2) is 0 Å². The number of carboxylic acid groups (broad SMARTS) is 1. The number of fused-ring (bicyclic) bond motifs is 1. The maximum atomic E-state index is 11.0. The summed E-state index contributed by atoms with van der Waals surface area (Å²) in [6.07, 6.45) is 0.786. The van der Waals surface area contributed by atoms with Gasteiger partial charge in [0.1, 0.15) is 5.75 Å². The average Bonchev–Trinajstić information content (AvgIpc) is 2.27. The number of hydrogen-bond donors (Lipinski definition) is 2. The molecule has 3 N–H and O–H groups in total. The third-order valence-corrected chi connectivity index (χ3v) is 2.71. The summed E-state index contributed by atoms with van der Waals surface area (Å²) < 4.78 is 5.43. The summed E-state index contributed by atoms with van der Waals surface area (Å²) in [5.41, 5.74) is 6.70. The average molecular weight is 207 g/mol. The van der Waals surface area contributed by atoms with E-state index in [2.05, 4.69) is 0 Å². The fraction of sp³-hybridized carbons (Fsp3) is 0.364. The molecule has 0 saturated heterocycles. The van der Waals surface area contributed by atoms with Crippen molar-refractivity contribution >= 4 is 5.97 Å². The third kappa shape index (κ3) is 1.68. The van der Waals surface area contributed by atoms with Gasteiger partial charge in [-0.15, -0.1) is 0 Å². The molecule has 0 amide bonds. The van der Waals surface area contributed by atoms with Crippen molar-refractivity contribution in [1.29, 1.82) is 0 Å². The Kier molecular flexibility index (Phi) is 2.60. The fourth-order valence-corrected chi connectivity index (χ4v) is 1.97. The van der Waals surface area contributed by atoms with Gasteiger partial charge in [0.2, 0.25) is 0 Å². The third-order valence-electron chi connectivity index (χ3n) is 2.71. The molecule has 0 aliphatic carbocycles. The van der Waals surface area contributed by atoms with Crippen molar-refractivity contribution in [3.8, 4) is 5.75 Å². The standard InChI is InChI=1S/C11H13NO3/c12-6-7-4-5-15-9-3-1-2-8(10(7)9)11(13)14/h1-3,7H,4-6,12H2,(H,13,14). The molecule has 1 aliphatic heterocycles. The molecule has 1 aliphatic rings. The monoisotopic (exact) mass is 207 g/mol. The summed E-state index contributed by atoms with van der Waals surface area (Å²) in [7, 11) is 0. The molecule has 80 valence electrons. The molecule has 1 atom stereocenters. The largest absolute Gasteiger partial charge is 0.493 e. The van der Waals surface area contributed by atoms with Gasteiger partial charge in [0.25, 0.3) is 0 Å². The molecule has 1 unspecified atom stereocenters. The molecule has 0 bridgehead atoms. The summed E-state index contributed by atoms with van der Waals surface area (Å²) in [6.45, 7) is 1.07. The fourth-order valence-electron chi connectivity index (χ4n) is 1.97. The van der Waals surface area contributed by atoms with Crippen LogP contribution in [0.2, 0.25) is 0 Å². The smallest absolute Gasteiger partial charge is 0.336 e. The maximum absolute atomic E-state index is 11.0. The van der Waals surface area contributed by atoms with E-state index in [0.717, 1.165) is 12.0 Å². The first-order valence-electron chi connectivity index (χ1n) is 4.93. The van der Waals surface area contributed by atoms with E-state index in [9.17, 15) is 4.79 Å². The predicted molar refractivity (Wildman–Crippen MR) is 55.3 cm³/mol. The number of rotatable bonds is 2. The van der Waals surface area contributed by atoms with Gasteiger partial charge in [-0.3, -0.25) is 0 Å². The second-order valence-electron chi connectivity index (χ2n) is 3.59. The Morgan fingerprint density at radius 3 is 3.07 bits per heavy atom. The number of carbonyl (C=O) groups is 1. The van der Waals surface area contributed by atoms with E-state index in [-0.39, 0.29) is 5.92 Å². The first-order chi connectivity index (χ1) is 7.24. The van der Waals surface area contributed by atoms with E-state index in [1.54, 1.807) is 18.2 Å². The zero-order valence-corrected chi connectivity index (χ0v) is 8.27. The molecule has 0 aromatic heterocycles. The van der Waals surface area contributed by atoms with Crippen molar-refractivity contribution in [1.82, 2.24) is 0 Å². The van der Waals surface area contributed by atoms with Crippen LogP contribution in [0, 0.1) is 0 Å². The molecule has 15 heavy (non-hydrogen) atoms. The lowest BCUT2D eigenvalue weighted by Crippen LogP contribution is -2.23. The Morgan fingerprint density at radius 2 is 2.40 bits per heavy atom. The Morgan fingerprint density at radius 1 is 1.60 bits per heavy atom. The lowest BCUT2D eigenvalue weighted by Gasteiger charge is -2.26. The van der Waals surface area contributed by atoms with Crippen molar-refractivity contribution < 1.29 is 14.6 Å². The number of nitrogens with two attached hydrogens (primary N) is 1. The SMILES string of the molecule is NCC1CCOc2cccc(C(=O)O)c21. The summed E-state index contributed by atoms with van der Waals surface area (Å²) in [5, 5.41) is 9.06. The first kappa shape index (κ1) is 9.98. The van der Waals surface area contributed by atoms with Crippen LogP contribution in [0.25, 0.3) is 0 Å². The number of ether oxygens (including phenoxy) is 1. The Balaban J connectivity index is 2.54. The molecule has 0 spiro atoms. The van der Waals surface area contributed by atoms with Crippen LogP contribution in [0.5, 0.6) is 5.75 Å². The quantitative estimate of drug-likeness (QED) is 0.764. The van der Waals surface area contributed by atoms with Crippen molar-refractivity contribution in [2.24, 2.45) is 5.73 Å². The molecule has 1 heterocycles. The van der Waals surface area contributed by atoms with Gasteiger partial charge in [0, 0.05) is 11.5 Å². The Bertz CT molecular complexity index is 389. The van der Waals surface area contributed by atoms with Crippen molar-refractivity contribution in [3.05, 3.63) is 29.3 Å². The second kappa shape index (κ2) is 3.90. The van der Waals surface area contributed by atoms with E-state index < -0.39 is 5.97 Å². The summed E-state index contributed by atoms with van der Waals surface area (Å²) in [5.74, 6) is -0.159. The highest BCUT2D eigenvalue weighted by molar-refractivity contribution is 5.90. The van der Waals surface area contributed by atoms with Gasteiger partial charge in [-0.05, 0) is 25.1 Å². The van der Waals surface area contributed by atoms with Gasteiger partial charge in [-0.1, -0.05) is 6.07 Å². The van der Waals surface area contributed by atoms with E-state index in [1.165, 1.54) is 0 Å². The summed E-state index contributed by atoms with van der Waals surface area (Å²) in [6, 6.07) is 5.09. The summed E-state index contributed by atoms with van der Waals surface area (Å²) >= 11 is 0. The normalized spacial score (nSPS) is 19.1. The van der Waals surface area contributed by atoms with Crippen molar-refractivity contribution in [3.63, 3.8) is 0 Å². The van der Waals surface area contributed by atoms with E-state index in [4.69, 9.17) is 15.6 Å². The summed E-state index contributed by atoms with van der Waals surface area (Å²) in [4.78, 5) is 11.0. The van der Waals surface area contributed by atoms with Gasteiger partial charge in [-0.25, -0.2) is 4.79 Å². The van der Waals surface area contributed by atoms with E-state index in [1.807, 2.05) is 0 Å². The van der Waals surface area contributed by atoms with Crippen LogP contribution in [0.3, 0.4) is 0 Å². The van der Waals surface area contributed by atoms with Crippen LogP contribution >= 0.6 is 0 Å². The van der Waals surface area contributed by atoms with E-state index >= 15 is 0 Å². The molecule has 0 fully saturated rings. The topological polar surface area (TPSA) is 72.5 Å². The molecular formula is C11H13NO3. The van der Waals surface area contributed by atoms with Crippen LogP contribution in [0.15, 0.2) is 18.2 Å². The zero-order chi connectivity index (χ0) is 10.8. The lowest BCUT2D eigenvalue weighted by atomic mass is 9.89. The van der Waals surface area contributed by atoms with Gasteiger partial charge in [-0.2, -0.15) is 0 Å². The minimum Gasteiger partial charge on any atom is -0.493 e. The highest BCUT2D eigenvalue weighted by atomic mass is 16.5. The predicted octanol–water partition coefficient (Wildman–Crippen LogP) is 1.21. The van der Waals surface area contributed by atoms with Crippen LogP contribution in [-0.2, 0) is 0 Å². The number of hydrogen-bond acceptors (Lipinski definition) is 3. The molecule has 1 aromatic rings. The minimum atomic E-state index is -0.921. The van der Waals surface area contributed by atoms with Gasteiger partial charge in [0.05, 0.1) is 12.2 Å². The number of carboxylic acids is 1. The molecule has 0 saturated carbocycles. The van der Waals surface area contributed by atoms with Crippen LogP contribution in [0.1, 0.15) is 28.3 Å².